The molecule has 0 N–H and O–H groups in total. The summed E-state index contributed by atoms with van der Waals surface area (Å²) in [5.74, 6) is -0.205. The molecule has 148 valence electrons. The third kappa shape index (κ3) is 3.67. The lowest BCUT2D eigenvalue weighted by Crippen LogP contribution is -2.45. The molecule has 4 heterocycles. The maximum Gasteiger partial charge on any atom is 0.252 e. The number of hydrogen-bond donors (Lipinski definition) is 0. The fourth-order valence-electron chi connectivity index (χ4n) is 3.29. The van der Waals surface area contributed by atoms with Gasteiger partial charge in [0.25, 0.3) is 10.0 Å². The Kier molecular flexibility index (Phi) is 5.65. The number of nitrogens with zero attached hydrogens (tertiary/aromatic N) is 2. The summed E-state index contributed by atoms with van der Waals surface area (Å²) in [4.78, 5) is 17.3. The smallest absolute Gasteiger partial charge is 0.252 e. The predicted octanol–water partition coefficient (Wildman–Crippen LogP) is 4.32. The van der Waals surface area contributed by atoms with Gasteiger partial charge in [0.2, 0.25) is 5.91 Å². The largest absolute Gasteiger partial charge is 0.329 e. The van der Waals surface area contributed by atoms with Gasteiger partial charge in [-0.2, -0.15) is 4.31 Å². The number of carbonyl (C=O) groups excluding carboxylic acids is 1. The van der Waals surface area contributed by atoms with Gasteiger partial charge >= 0.3 is 0 Å². The topological polar surface area (TPSA) is 57.7 Å². The van der Waals surface area contributed by atoms with Crippen LogP contribution in [-0.4, -0.2) is 43.7 Å². The Labute approximate surface area is 180 Å². The van der Waals surface area contributed by atoms with Crippen molar-refractivity contribution >= 4 is 61.5 Å². The quantitative estimate of drug-likeness (QED) is 0.555. The maximum atomic E-state index is 13.1. The number of sulfonamides is 1. The minimum Gasteiger partial charge on any atom is -0.329 e. The van der Waals surface area contributed by atoms with Crippen molar-refractivity contribution in [2.45, 2.75) is 16.7 Å². The summed E-state index contributed by atoms with van der Waals surface area (Å²) >= 11 is 10.2. The molecule has 0 fully saturated rings. The molecule has 4 rings (SSSR count). The molecule has 3 aromatic heterocycles. The van der Waals surface area contributed by atoms with Crippen LogP contribution >= 0.6 is 45.6 Å². The van der Waals surface area contributed by atoms with Crippen molar-refractivity contribution in [1.29, 1.82) is 0 Å². The molecule has 0 aliphatic carbocycles. The van der Waals surface area contributed by atoms with Crippen LogP contribution in [0.2, 0.25) is 4.34 Å². The predicted molar refractivity (Wildman–Crippen MR) is 115 cm³/mol. The summed E-state index contributed by atoms with van der Waals surface area (Å²) in [6, 6.07) is 8.92. The fourth-order valence-corrected chi connectivity index (χ4v) is 7.87. The van der Waals surface area contributed by atoms with E-state index in [1.54, 1.807) is 33.6 Å². The third-order valence-electron chi connectivity index (χ3n) is 4.67. The van der Waals surface area contributed by atoms with Gasteiger partial charge in [-0.05, 0) is 47.0 Å². The SMILES string of the molecule is CN(CC(=O)N1CCc2sccc2C1c1cccs1)S(=O)(=O)c1ccc(Cl)s1. The van der Waals surface area contributed by atoms with Crippen LogP contribution in [0.25, 0.3) is 0 Å². The fraction of sp³-hybridized carbons (Fsp3) is 0.278. The second-order valence-corrected chi connectivity index (χ2v) is 12.3. The molecule has 0 radical (unpaired) electrons. The molecule has 1 aliphatic rings. The molecule has 0 saturated carbocycles. The highest BCUT2D eigenvalue weighted by molar-refractivity contribution is 7.91. The molecule has 1 unspecified atom stereocenters. The zero-order chi connectivity index (χ0) is 19.9. The highest BCUT2D eigenvalue weighted by Gasteiger charge is 2.35. The van der Waals surface area contributed by atoms with E-state index >= 15 is 0 Å². The summed E-state index contributed by atoms with van der Waals surface area (Å²) in [6.07, 6.45) is 0.789. The summed E-state index contributed by atoms with van der Waals surface area (Å²) in [5.41, 5.74) is 1.14. The third-order valence-corrected chi connectivity index (χ3v) is 10.1. The maximum absolute atomic E-state index is 13.1. The Hall–Kier alpha value is -1.23. The van der Waals surface area contributed by atoms with E-state index in [2.05, 4.69) is 11.4 Å². The van der Waals surface area contributed by atoms with Crippen LogP contribution in [0.5, 0.6) is 0 Å². The van der Waals surface area contributed by atoms with Gasteiger partial charge in [0, 0.05) is 23.3 Å². The molecule has 0 saturated heterocycles. The summed E-state index contributed by atoms with van der Waals surface area (Å²) in [7, 11) is -2.32. The average Bonchev–Trinajstić information content (AvgIpc) is 3.41. The Morgan fingerprint density at radius 2 is 2.07 bits per heavy atom. The summed E-state index contributed by atoms with van der Waals surface area (Å²) in [5, 5.41) is 4.05. The van der Waals surface area contributed by atoms with E-state index < -0.39 is 10.0 Å². The van der Waals surface area contributed by atoms with Crippen molar-refractivity contribution in [3.8, 4) is 0 Å². The van der Waals surface area contributed by atoms with E-state index in [0.29, 0.717) is 10.9 Å². The van der Waals surface area contributed by atoms with Gasteiger partial charge in [-0.3, -0.25) is 4.79 Å². The van der Waals surface area contributed by atoms with Gasteiger partial charge in [-0.15, -0.1) is 34.0 Å². The van der Waals surface area contributed by atoms with E-state index in [1.165, 1.54) is 18.0 Å². The van der Waals surface area contributed by atoms with Gasteiger partial charge in [-0.25, -0.2) is 8.42 Å². The molecule has 0 spiro atoms. The van der Waals surface area contributed by atoms with Gasteiger partial charge in [0.05, 0.1) is 16.9 Å². The van der Waals surface area contributed by atoms with Crippen molar-refractivity contribution in [1.82, 2.24) is 9.21 Å². The van der Waals surface area contributed by atoms with Gasteiger partial charge in [0.1, 0.15) is 4.21 Å². The lowest BCUT2D eigenvalue weighted by Gasteiger charge is -2.36. The Bertz CT molecular complexity index is 1090. The lowest BCUT2D eigenvalue weighted by molar-refractivity contribution is -0.133. The average molecular weight is 473 g/mol. The zero-order valence-corrected chi connectivity index (χ0v) is 18.9. The molecular formula is C18H17ClN2O3S4. The van der Waals surface area contributed by atoms with E-state index in [9.17, 15) is 13.2 Å². The van der Waals surface area contributed by atoms with Crippen LogP contribution in [0.15, 0.2) is 45.3 Å². The monoisotopic (exact) mass is 472 g/mol. The highest BCUT2D eigenvalue weighted by Crippen LogP contribution is 2.39. The molecule has 10 heteroatoms. The number of carbonyl (C=O) groups is 1. The number of rotatable bonds is 5. The first-order chi connectivity index (χ1) is 13.4. The first-order valence-corrected chi connectivity index (χ1v) is 12.9. The first-order valence-electron chi connectivity index (χ1n) is 8.49. The Morgan fingerprint density at radius 3 is 2.75 bits per heavy atom. The number of amides is 1. The van der Waals surface area contributed by atoms with E-state index in [4.69, 9.17) is 11.6 Å². The normalized spacial score (nSPS) is 17.1. The lowest BCUT2D eigenvalue weighted by atomic mass is 9.98. The molecule has 1 atom stereocenters. The van der Waals surface area contributed by atoms with Crippen molar-refractivity contribution < 1.29 is 13.2 Å². The van der Waals surface area contributed by atoms with E-state index in [-0.39, 0.29) is 22.7 Å². The summed E-state index contributed by atoms with van der Waals surface area (Å²) in [6.45, 7) is 0.368. The molecule has 0 aromatic carbocycles. The number of fused-ring (bicyclic) bond motifs is 1. The van der Waals surface area contributed by atoms with Crippen molar-refractivity contribution in [2.75, 3.05) is 20.1 Å². The van der Waals surface area contributed by atoms with Crippen LogP contribution in [0, 0.1) is 0 Å². The molecule has 1 amide bonds. The number of halogens is 1. The second-order valence-electron chi connectivity index (χ2n) is 6.37. The van der Waals surface area contributed by atoms with E-state index in [1.807, 2.05) is 17.5 Å². The molecular weight excluding hydrogens is 456 g/mol. The minimum absolute atomic E-state index is 0.140. The zero-order valence-electron chi connectivity index (χ0n) is 14.9. The van der Waals surface area contributed by atoms with Crippen LogP contribution in [0.1, 0.15) is 21.4 Å². The summed E-state index contributed by atoms with van der Waals surface area (Å²) < 4.78 is 27.1. The standard InChI is InChI=1S/C18H17ClN2O3S4/c1-20(28(23,24)17-5-4-15(19)27-17)11-16(22)21-8-6-13-12(7-10-26-13)18(21)14-3-2-9-25-14/h2-5,7,9-10,18H,6,8,11H2,1H3. The van der Waals surface area contributed by atoms with Gasteiger partial charge in [-0.1, -0.05) is 17.7 Å². The molecule has 0 bridgehead atoms. The molecule has 28 heavy (non-hydrogen) atoms. The molecule has 5 nitrogen and oxygen atoms in total. The highest BCUT2D eigenvalue weighted by atomic mass is 35.5. The van der Waals surface area contributed by atoms with Crippen molar-refractivity contribution in [3.05, 3.63) is 60.7 Å². The van der Waals surface area contributed by atoms with Crippen LogP contribution in [0.3, 0.4) is 0 Å². The van der Waals surface area contributed by atoms with E-state index in [0.717, 1.165) is 32.5 Å². The number of likely N-dealkylation sites (N-methyl/N-ethyl adjacent to an activating group) is 1. The van der Waals surface area contributed by atoms with Crippen LogP contribution in [0.4, 0.5) is 0 Å². The molecule has 1 aliphatic heterocycles. The Balaban J connectivity index is 1.59. The van der Waals surface area contributed by atoms with Crippen molar-refractivity contribution in [2.24, 2.45) is 0 Å². The van der Waals surface area contributed by atoms with Gasteiger partial charge < -0.3 is 4.90 Å². The molecule has 3 aromatic rings. The van der Waals surface area contributed by atoms with Crippen LogP contribution in [-0.2, 0) is 21.2 Å². The minimum atomic E-state index is -3.75. The van der Waals surface area contributed by atoms with Gasteiger partial charge in [0.15, 0.2) is 0 Å². The van der Waals surface area contributed by atoms with Crippen LogP contribution < -0.4 is 0 Å². The Morgan fingerprint density at radius 1 is 1.25 bits per heavy atom. The number of hydrogen-bond acceptors (Lipinski definition) is 6. The second kappa shape index (κ2) is 7.89. The number of thiophene rings is 3. The first kappa shape index (κ1) is 20.1. The van der Waals surface area contributed by atoms with Crippen molar-refractivity contribution in [3.63, 3.8) is 0 Å².